The molecule has 2 aromatic carbocycles. The van der Waals surface area contributed by atoms with E-state index < -0.39 is 10.0 Å². The number of nitrogens with one attached hydrogen (secondary N) is 1. The van der Waals surface area contributed by atoms with Crippen LogP contribution in [0.2, 0.25) is 0 Å². The maximum atomic E-state index is 12.9. The van der Waals surface area contributed by atoms with Crippen molar-refractivity contribution in [3.05, 3.63) is 59.9 Å². The van der Waals surface area contributed by atoms with Crippen molar-refractivity contribution in [2.45, 2.75) is 51.5 Å². The standard InChI is InChI=1S/C25H34N4O3S/c1-6-29(7-2)33(31,32)20-13-14-22-21(17-20)26-23(28(22)5)15-16-24(30)27-25(18(3)4)19-11-9-8-10-12-19/h8-14,17-18,25H,6-7,15-16H2,1-5H3,(H,27,30). The van der Waals surface area contributed by atoms with Crippen LogP contribution in [0.1, 0.15) is 51.5 Å². The van der Waals surface area contributed by atoms with Crippen LogP contribution in [-0.2, 0) is 28.3 Å². The lowest BCUT2D eigenvalue weighted by molar-refractivity contribution is -0.122. The van der Waals surface area contributed by atoms with Gasteiger partial charge in [0.1, 0.15) is 5.82 Å². The van der Waals surface area contributed by atoms with Gasteiger partial charge in [-0.2, -0.15) is 4.31 Å². The molecule has 33 heavy (non-hydrogen) atoms. The molecule has 1 heterocycles. The van der Waals surface area contributed by atoms with E-state index in [0.29, 0.717) is 31.4 Å². The van der Waals surface area contributed by atoms with Crippen molar-refractivity contribution in [2.75, 3.05) is 13.1 Å². The minimum Gasteiger partial charge on any atom is -0.349 e. The predicted molar refractivity (Wildman–Crippen MR) is 131 cm³/mol. The number of rotatable bonds is 10. The van der Waals surface area contributed by atoms with Crippen LogP contribution in [0.25, 0.3) is 11.0 Å². The van der Waals surface area contributed by atoms with Gasteiger partial charge in [0.25, 0.3) is 0 Å². The molecule has 178 valence electrons. The Morgan fingerprint density at radius 1 is 1.09 bits per heavy atom. The second-order valence-electron chi connectivity index (χ2n) is 8.53. The van der Waals surface area contributed by atoms with E-state index in [1.165, 1.54) is 4.31 Å². The van der Waals surface area contributed by atoms with Gasteiger partial charge in [-0.3, -0.25) is 4.79 Å². The maximum absolute atomic E-state index is 12.9. The van der Waals surface area contributed by atoms with Crippen LogP contribution in [0.5, 0.6) is 0 Å². The quantitative estimate of drug-likeness (QED) is 0.484. The summed E-state index contributed by atoms with van der Waals surface area (Å²) < 4.78 is 29.1. The first-order valence-corrected chi connectivity index (χ1v) is 12.9. The minimum absolute atomic E-state index is 0.0330. The van der Waals surface area contributed by atoms with Gasteiger partial charge in [-0.15, -0.1) is 0 Å². The largest absolute Gasteiger partial charge is 0.349 e. The number of benzene rings is 2. The summed E-state index contributed by atoms with van der Waals surface area (Å²) in [6.45, 7) is 8.66. The first-order chi connectivity index (χ1) is 15.7. The molecule has 0 radical (unpaired) electrons. The molecule has 0 saturated heterocycles. The lowest BCUT2D eigenvalue weighted by atomic mass is 9.96. The molecule has 1 amide bonds. The summed E-state index contributed by atoms with van der Waals surface area (Å²) in [5.74, 6) is 0.978. The molecule has 1 N–H and O–H groups in total. The molecule has 0 spiro atoms. The highest BCUT2D eigenvalue weighted by molar-refractivity contribution is 7.89. The van der Waals surface area contributed by atoms with Crippen LogP contribution in [0.3, 0.4) is 0 Å². The molecule has 0 aliphatic rings. The summed E-state index contributed by atoms with van der Waals surface area (Å²) in [5, 5.41) is 3.15. The molecule has 0 fully saturated rings. The molecule has 0 aliphatic carbocycles. The topological polar surface area (TPSA) is 84.3 Å². The Labute approximate surface area is 196 Å². The van der Waals surface area contributed by atoms with Gasteiger partial charge in [-0.25, -0.2) is 13.4 Å². The first kappa shape index (κ1) is 24.9. The third-order valence-corrected chi connectivity index (χ3v) is 8.05. The molecule has 0 saturated carbocycles. The van der Waals surface area contributed by atoms with Crippen molar-refractivity contribution in [1.29, 1.82) is 0 Å². The lowest BCUT2D eigenvalue weighted by Crippen LogP contribution is -2.32. The fourth-order valence-electron chi connectivity index (χ4n) is 4.09. The number of aryl methyl sites for hydroxylation is 2. The van der Waals surface area contributed by atoms with E-state index in [9.17, 15) is 13.2 Å². The SMILES string of the molecule is CCN(CC)S(=O)(=O)c1ccc2c(c1)nc(CCC(=O)NC(c1ccccc1)C(C)C)n2C. The fraction of sp³-hybridized carbons (Fsp3) is 0.440. The van der Waals surface area contributed by atoms with Gasteiger partial charge in [-0.1, -0.05) is 58.0 Å². The zero-order valence-electron chi connectivity index (χ0n) is 20.1. The second kappa shape index (κ2) is 10.5. The smallest absolute Gasteiger partial charge is 0.243 e. The minimum atomic E-state index is -3.55. The van der Waals surface area contributed by atoms with Crippen LogP contribution in [0, 0.1) is 5.92 Å². The monoisotopic (exact) mass is 470 g/mol. The van der Waals surface area contributed by atoms with E-state index in [2.05, 4.69) is 24.1 Å². The van der Waals surface area contributed by atoms with Crippen LogP contribution in [-0.4, -0.2) is 41.3 Å². The Kier molecular flexibility index (Phi) is 7.92. The number of aromatic nitrogens is 2. The zero-order valence-corrected chi connectivity index (χ0v) is 20.9. The Hall–Kier alpha value is -2.71. The number of carbonyl (C=O) groups excluding carboxylic acids is 1. The number of carbonyl (C=O) groups is 1. The molecular formula is C25H34N4O3S. The Morgan fingerprint density at radius 2 is 1.76 bits per heavy atom. The van der Waals surface area contributed by atoms with E-state index in [1.807, 2.05) is 55.8 Å². The van der Waals surface area contributed by atoms with Crippen molar-refractivity contribution in [2.24, 2.45) is 13.0 Å². The zero-order chi connectivity index (χ0) is 24.2. The van der Waals surface area contributed by atoms with Gasteiger partial charge in [0, 0.05) is 33.0 Å². The molecule has 0 bridgehead atoms. The molecule has 8 heteroatoms. The molecule has 1 aromatic heterocycles. The highest BCUT2D eigenvalue weighted by Gasteiger charge is 2.23. The fourth-order valence-corrected chi connectivity index (χ4v) is 5.57. The Morgan fingerprint density at radius 3 is 2.36 bits per heavy atom. The van der Waals surface area contributed by atoms with Gasteiger partial charge in [0.2, 0.25) is 15.9 Å². The normalized spacial score (nSPS) is 13.1. The van der Waals surface area contributed by atoms with Crippen molar-refractivity contribution in [1.82, 2.24) is 19.2 Å². The average Bonchev–Trinajstić information content (AvgIpc) is 3.12. The van der Waals surface area contributed by atoms with Crippen molar-refractivity contribution < 1.29 is 13.2 Å². The molecule has 1 atom stereocenters. The van der Waals surface area contributed by atoms with E-state index in [4.69, 9.17) is 0 Å². The number of amides is 1. The maximum Gasteiger partial charge on any atom is 0.243 e. The van der Waals surface area contributed by atoms with Crippen molar-refractivity contribution >= 4 is 27.0 Å². The summed E-state index contributed by atoms with van der Waals surface area (Å²) in [5.41, 5.74) is 2.55. The van der Waals surface area contributed by atoms with Crippen LogP contribution >= 0.6 is 0 Å². The van der Waals surface area contributed by atoms with Crippen LogP contribution < -0.4 is 5.32 Å². The van der Waals surface area contributed by atoms with Gasteiger partial charge in [0.15, 0.2) is 0 Å². The lowest BCUT2D eigenvalue weighted by Gasteiger charge is -2.23. The van der Waals surface area contributed by atoms with Gasteiger partial charge >= 0.3 is 0 Å². The molecule has 0 aliphatic heterocycles. The molecular weight excluding hydrogens is 436 g/mol. The highest BCUT2D eigenvalue weighted by atomic mass is 32.2. The van der Waals surface area contributed by atoms with E-state index in [1.54, 1.807) is 18.2 Å². The van der Waals surface area contributed by atoms with Crippen molar-refractivity contribution in [3.8, 4) is 0 Å². The van der Waals surface area contributed by atoms with Crippen molar-refractivity contribution in [3.63, 3.8) is 0 Å². The molecule has 7 nitrogen and oxygen atoms in total. The van der Waals surface area contributed by atoms with E-state index in [-0.39, 0.29) is 22.8 Å². The summed E-state index contributed by atoms with van der Waals surface area (Å²) in [6.07, 6.45) is 0.770. The first-order valence-electron chi connectivity index (χ1n) is 11.5. The average molecular weight is 471 g/mol. The summed E-state index contributed by atoms with van der Waals surface area (Å²) >= 11 is 0. The summed E-state index contributed by atoms with van der Waals surface area (Å²) in [7, 11) is -1.66. The number of hydrogen-bond acceptors (Lipinski definition) is 4. The van der Waals surface area contributed by atoms with Gasteiger partial charge in [0.05, 0.1) is 22.0 Å². The number of imidazole rings is 1. The number of fused-ring (bicyclic) bond motifs is 1. The highest BCUT2D eigenvalue weighted by Crippen LogP contribution is 2.24. The number of sulfonamides is 1. The van der Waals surface area contributed by atoms with E-state index >= 15 is 0 Å². The van der Waals surface area contributed by atoms with Crippen LogP contribution in [0.4, 0.5) is 0 Å². The Balaban J connectivity index is 1.75. The summed E-state index contributed by atoms with van der Waals surface area (Å²) in [4.78, 5) is 17.6. The predicted octanol–water partition coefficient (Wildman–Crippen LogP) is 4.05. The van der Waals surface area contributed by atoms with Gasteiger partial charge in [-0.05, 0) is 29.7 Å². The summed E-state index contributed by atoms with van der Waals surface area (Å²) in [6, 6.07) is 15.0. The third-order valence-electron chi connectivity index (χ3n) is 6.01. The second-order valence-corrected chi connectivity index (χ2v) is 10.5. The number of hydrogen-bond donors (Lipinski definition) is 1. The molecule has 3 aromatic rings. The number of nitrogens with zero attached hydrogens (tertiary/aromatic N) is 3. The van der Waals surface area contributed by atoms with Crippen LogP contribution in [0.15, 0.2) is 53.4 Å². The molecule has 3 rings (SSSR count). The third kappa shape index (κ3) is 5.45. The molecule has 1 unspecified atom stereocenters. The van der Waals surface area contributed by atoms with Gasteiger partial charge < -0.3 is 9.88 Å². The Bertz CT molecular complexity index is 1200. The van der Waals surface area contributed by atoms with E-state index in [0.717, 1.165) is 16.9 Å².